The molecule has 0 aromatic carbocycles. The first-order chi connectivity index (χ1) is 16.3. The van der Waals surface area contributed by atoms with Crippen LogP contribution in [0, 0.1) is 0 Å². The van der Waals surface area contributed by atoms with E-state index in [-0.39, 0.29) is 35.1 Å². The Labute approximate surface area is 201 Å². The summed E-state index contributed by atoms with van der Waals surface area (Å²) in [6.45, 7) is 11.0. The number of fused-ring (bicyclic) bond motifs is 1. The fraction of sp³-hybridized carbons (Fsp3) is 0.409. The van der Waals surface area contributed by atoms with Gasteiger partial charge in [-0.2, -0.15) is 14.8 Å². The lowest BCUT2D eigenvalue weighted by atomic mass is 9.92. The van der Waals surface area contributed by atoms with Gasteiger partial charge in [-0.05, 0) is 11.9 Å². The number of amides is 5. The average Bonchev–Trinajstić information content (AvgIpc) is 3.38. The Hall–Kier alpha value is -4.29. The molecule has 4 rings (SSSR count). The molecule has 4 heterocycles. The van der Waals surface area contributed by atoms with Crippen LogP contribution in [0.25, 0.3) is 0 Å². The lowest BCUT2D eigenvalue weighted by Crippen LogP contribution is -2.61. The number of hydrogen-bond acceptors (Lipinski definition) is 7. The van der Waals surface area contributed by atoms with E-state index in [1.807, 2.05) is 20.8 Å². The minimum atomic E-state index is -0.887. The Kier molecular flexibility index (Phi) is 5.58. The molecule has 0 radical (unpaired) electrons. The van der Waals surface area contributed by atoms with Crippen LogP contribution >= 0.6 is 0 Å². The van der Waals surface area contributed by atoms with E-state index in [0.717, 1.165) is 4.90 Å². The lowest BCUT2D eigenvalue weighted by Gasteiger charge is -2.30. The van der Waals surface area contributed by atoms with Gasteiger partial charge in [0.25, 0.3) is 41.9 Å². The molecule has 182 valence electrons. The molecule has 1 N–H and O–H groups in total. The molecule has 13 heteroatoms. The van der Waals surface area contributed by atoms with Gasteiger partial charge in [0.2, 0.25) is 0 Å². The van der Waals surface area contributed by atoms with Gasteiger partial charge in [-0.25, -0.2) is 14.4 Å². The van der Waals surface area contributed by atoms with Crippen molar-refractivity contribution in [1.82, 2.24) is 19.6 Å². The molecule has 1 unspecified atom stereocenters. The molecule has 5 amide bonds. The summed E-state index contributed by atoms with van der Waals surface area (Å²) >= 11 is 0. The molecular formula is C22H26N9O4+. The van der Waals surface area contributed by atoms with Crippen molar-refractivity contribution >= 4 is 53.4 Å². The summed E-state index contributed by atoms with van der Waals surface area (Å²) in [7, 11) is 2.90. The maximum Gasteiger partial charge on any atom is 0.333 e. The summed E-state index contributed by atoms with van der Waals surface area (Å²) < 4.78 is 2.75. The van der Waals surface area contributed by atoms with Gasteiger partial charge >= 0.3 is 6.03 Å². The number of urea groups is 1. The van der Waals surface area contributed by atoms with Crippen LogP contribution in [0.2, 0.25) is 0 Å². The molecule has 0 aliphatic carbocycles. The third kappa shape index (κ3) is 4.09. The number of nitrogens with one attached hydrogen (secondary N) is 1. The van der Waals surface area contributed by atoms with Gasteiger partial charge in [-0.1, -0.05) is 27.4 Å². The zero-order chi connectivity index (χ0) is 25.8. The summed E-state index contributed by atoms with van der Waals surface area (Å²) in [4.78, 5) is 64.8. The number of carbonyl (C=O) groups is 4. The summed E-state index contributed by atoms with van der Waals surface area (Å²) in [6.07, 6.45) is 1.36. The number of carbonyl (C=O) groups excluding carboxylic acids is 4. The predicted molar refractivity (Wildman–Crippen MR) is 128 cm³/mol. The largest absolute Gasteiger partial charge is 0.333 e. The zero-order valence-corrected chi connectivity index (χ0v) is 20.4. The van der Waals surface area contributed by atoms with E-state index in [2.05, 4.69) is 32.0 Å². The van der Waals surface area contributed by atoms with Crippen LogP contribution in [0.1, 0.15) is 33.4 Å². The second-order valence-corrected chi connectivity index (χ2v) is 9.43. The molecule has 0 bridgehead atoms. The Morgan fingerprint density at radius 2 is 1.86 bits per heavy atom. The minimum absolute atomic E-state index is 0.00766. The fourth-order valence-corrected chi connectivity index (χ4v) is 3.66. The monoisotopic (exact) mass is 480 g/mol. The molecule has 0 saturated carbocycles. The van der Waals surface area contributed by atoms with Crippen molar-refractivity contribution in [3.05, 3.63) is 23.9 Å². The number of anilines is 1. The second kappa shape index (κ2) is 8.18. The summed E-state index contributed by atoms with van der Waals surface area (Å²) in [5.41, 5.74) is 0.866. The van der Waals surface area contributed by atoms with Crippen LogP contribution in [0.5, 0.6) is 0 Å². The number of hydrogen-bond donors (Lipinski definition) is 1. The van der Waals surface area contributed by atoms with E-state index in [0.29, 0.717) is 11.4 Å². The number of aliphatic imine (C=N–C) groups is 3. The van der Waals surface area contributed by atoms with Crippen LogP contribution in [-0.4, -0.2) is 98.4 Å². The van der Waals surface area contributed by atoms with Crippen molar-refractivity contribution in [3.63, 3.8) is 0 Å². The number of imide groups is 1. The Balaban J connectivity index is 1.60. The van der Waals surface area contributed by atoms with Crippen LogP contribution in [0.3, 0.4) is 0 Å². The summed E-state index contributed by atoms with van der Waals surface area (Å²) in [5, 5.41) is 7.29. The lowest BCUT2D eigenvalue weighted by molar-refractivity contribution is -0.519. The number of amidine groups is 1. The molecule has 1 saturated heterocycles. The maximum atomic E-state index is 13.0. The Morgan fingerprint density at radius 3 is 2.49 bits per heavy atom. The van der Waals surface area contributed by atoms with Gasteiger partial charge in [0.15, 0.2) is 6.54 Å². The van der Waals surface area contributed by atoms with Crippen molar-refractivity contribution in [2.45, 2.75) is 39.2 Å². The first-order valence-electron chi connectivity index (χ1n) is 10.8. The van der Waals surface area contributed by atoms with E-state index in [1.54, 1.807) is 13.0 Å². The average molecular weight is 481 g/mol. The van der Waals surface area contributed by atoms with Crippen LogP contribution in [0.4, 0.5) is 10.6 Å². The SMILES string of the molecule is C=C1C(=O)N=C(n2nc(C(C)(C)C)cc2NC(=O)C[N+]2=CN=C3C2C(=O)N(C)C(=O)N3C)N=C1C. The highest BCUT2D eigenvalue weighted by Gasteiger charge is 2.50. The quantitative estimate of drug-likeness (QED) is 0.486. The third-order valence-corrected chi connectivity index (χ3v) is 5.82. The molecule has 1 aromatic heterocycles. The van der Waals surface area contributed by atoms with E-state index in [9.17, 15) is 19.2 Å². The van der Waals surface area contributed by atoms with Gasteiger partial charge in [0, 0.05) is 25.6 Å². The van der Waals surface area contributed by atoms with Crippen LogP contribution < -0.4 is 5.32 Å². The van der Waals surface area contributed by atoms with Gasteiger partial charge in [-0.15, -0.1) is 0 Å². The fourth-order valence-electron chi connectivity index (χ4n) is 3.66. The Bertz CT molecular complexity index is 1320. The second-order valence-electron chi connectivity index (χ2n) is 9.43. The molecule has 3 aliphatic rings. The first kappa shape index (κ1) is 23.9. The third-order valence-electron chi connectivity index (χ3n) is 5.82. The topological polar surface area (TPSA) is 145 Å². The highest BCUT2D eigenvalue weighted by atomic mass is 16.2. The number of likely N-dealkylation sites (N-methyl/N-ethyl adjacent to an activating group) is 2. The maximum absolute atomic E-state index is 13.0. The van der Waals surface area contributed by atoms with E-state index >= 15 is 0 Å². The van der Waals surface area contributed by atoms with Gasteiger partial charge in [-0.3, -0.25) is 24.2 Å². The number of nitrogens with zero attached hydrogens (tertiary/aromatic N) is 8. The van der Waals surface area contributed by atoms with Crippen LogP contribution in [0.15, 0.2) is 33.2 Å². The number of aromatic nitrogens is 2. The zero-order valence-electron chi connectivity index (χ0n) is 20.4. The molecular weight excluding hydrogens is 454 g/mol. The smallest absolute Gasteiger partial charge is 0.307 e. The molecule has 3 aliphatic heterocycles. The molecule has 0 spiro atoms. The van der Waals surface area contributed by atoms with Gasteiger partial charge in [0.1, 0.15) is 5.82 Å². The Morgan fingerprint density at radius 1 is 1.17 bits per heavy atom. The van der Waals surface area contributed by atoms with Crippen molar-refractivity contribution in [2.24, 2.45) is 15.0 Å². The van der Waals surface area contributed by atoms with E-state index < -0.39 is 29.8 Å². The molecule has 35 heavy (non-hydrogen) atoms. The molecule has 1 atom stereocenters. The van der Waals surface area contributed by atoms with Gasteiger partial charge < -0.3 is 5.32 Å². The van der Waals surface area contributed by atoms with E-state index in [1.165, 1.54) is 34.6 Å². The highest BCUT2D eigenvalue weighted by Crippen LogP contribution is 2.25. The summed E-state index contributed by atoms with van der Waals surface area (Å²) in [5.74, 6) is -0.960. The predicted octanol–water partition coefficient (Wildman–Crippen LogP) is 0.226. The van der Waals surface area contributed by atoms with Crippen LogP contribution in [-0.2, 0) is 19.8 Å². The van der Waals surface area contributed by atoms with Crippen molar-refractivity contribution < 1.29 is 23.8 Å². The first-order valence-corrected chi connectivity index (χ1v) is 10.8. The normalized spacial score (nSPS) is 20.5. The number of rotatable bonds is 3. The van der Waals surface area contributed by atoms with Crippen molar-refractivity contribution in [1.29, 1.82) is 0 Å². The molecule has 1 aromatic rings. The standard InChI is InChI=1S/C22H25N9O4/c1-11-12(2)24-20(26-18(11)33)31-14(8-13(27-31)22(3,4)5)25-15(32)9-30-10-23-17-16(30)19(34)29(7)21(35)28(17)6/h8,10,16H,1,9H2,2-7H3/p+1. The van der Waals surface area contributed by atoms with Crippen molar-refractivity contribution in [3.8, 4) is 0 Å². The molecule has 1 fully saturated rings. The van der Waals surface area contributed by atoms with Gasteiger partial charge in [0.05, 0.1) is 17.0 Å². The van der Waals surface area contributed by atoms with E-state index in [4.69, 9.17) is 0 Å². The molecule has 13 nitrogen and oxygen atoms in total. The van der Waals surface area contributed by atoms with Crippen molar-refractivity contribution in [2.75, 3.05) is 26.0 Å². The minimum Gasteiger partial charge on any atom is -0.307 e. The highest BCUT2D eigenvalue weighted by molar-refractivity contribution is 6.28. The summed E-state index contributed by atoms with van der Waals surface area (Å²) in [6, 6.07) is 0.299.